The smallest absolute Gasteiger partial charge is 0.215 e. The van der Waals surface area contributed by atoms with Gasteiger partial charge in [0, 0.05) is 11.5 Å². The van der Waals surface area contributed by atoms with Gasteiger partial charge in [-0.15, -0.1) is 0 Å². The Hall–Kier alpha value is -2.08. The number of hydrogen-bond acceptors (Lipinski definition) is 3. The molecule has 1 heterocycles. The van der Waals surface area contributed by atoms with E-state index in [4.69, 9.17) is 10.00 Å². The molecule has 3 nitrogen and oxygen atoms in total. The van der Waals surface area contributed by atoms with Crippen LogP contribution >= 0.6 is 0 Å². The van der Waals surface area contributed by atoms with Gasteiger partial charge in [0.1, 0.15) is 6.07 Å². The number of nitrogens with zero attached hydrogens (tertiary/aromatic N) is 2. The van der Waals surface area contributed by atoms with Crippen molar-refractivity contribution >= 4 is 10.9 Å². The Kier molecular flexibility index (Phi) is 4.74. The number of benzene rings is 1. The van der Waals surface area contributed by atoms with E-state index < -0.39 is 0 Å². The van der Waals surface area contributed by atoms with Crippen LogP contribution in [0.15, 0.2) is 30.3 Å². The average molecular weight is 254 g/mol. The molecule has 0 atom stereocenters. The van der Waals surface area contributed by atoms with Gasteiger partial charge in [0.25, 0.3) is 0 Å². The first-order chi connectivity index (χ1) is 9.35. The molecule has 0 aliphatic carbocycles. The molecule has 19 heavy (non-hydrogen) atoms. The Balaban J connectivity index is 2.10. The third-order valence-electron chi connectivity index (χ3n) is 3.06. The molecule has 0 saturated heterocycles. The second-order valence-electron chi connectivity index (χ2n) is 4.55. The molecule has 98 valence electrons. The van der Waals surface area contributed by atoms with Gasteiger partial charge in [-0.3, -0.25) is 0 Å². The molecule has 0 amide bonds. The fourth-order valence-electron chi connectivity index (χ4n) is 2.02. The monoisotopic (exact) mass is 254 g/mol. The van der Waals surface area contributed by atoms with E-state index in [-0.39, 0.29) is 0 Å². The number of nitriles is 1. The lowest BCUT2D eigenvalue weighted by Crippen LogP contribution is -2.00. The van der Waals surface area contributed by atoms with E-state index in [0.717, 1.165) is 17.3 Å². The fourth-order valence-corrected chi connectivity index (χ4v) is 2.02. The topological polar surface area (TPSA) is 45.9 Å². The standard InChI is InChI=1S/C16H18N2O/c1-2-3-4-7-10-19-16-11-13(12-17)14-8-5-6-9-15(14)18-16/h5-6,8-9,11H,2-4,7,10H2,1H3. The summed E-state index contributed by atoms with van der Waals surface area (Å²) >= 11 is 0. The third kappa shape index (κ3) is 3.45. The number of ether oxygens (including phenoxy) is 1. The van der Waals surface area contributed by atoms with Crippen LogP contribution in [0.1, 0.15) is 38.2 Å². The maximum atomic E-state index is 9.17. The minimum atomic E-state index is 0.548. The number of rotatable bonds is 6. The molecule has 2 aromatic rings. The van der Waals surface area contributed by atoms with Crippen molar-refractivity contribution in [2.75, 3.05) is 6.61 Å². The van der Waals surface area contributed by atoms with Crippen molar-refractivity contribution in [2.45, 2.75) is 32.6 Å². The third-order valence-corrected chi connectivity index (χ3v) is 3.06. The van der Waals surface area contributed by atoms with Crippen LogP contribution in [0.2, 0.25) is 0 Å². The van der Waals surface area contributed by atoms with Crippen LogP contribution in [0.5, 0.6) is 5.88 Å². The minimum absolute atomic E-state index is 0.548. The van der Waals surface area contributed by atoms with Gasteiger partial charge < -0.3 is 4.74 Å². The Morgan fingerprint density at radius 3 is 2.84 bits per heavy atom. The van der Waals surface area contributed by atoms with Gasteiger partial charge in [0.05, 0.1) is 17.7 Å². The second kappa shape index (κ2) is 6.75. The van der Waals surface area contributed by atoms with Crippen LogP contribution in [-0.2, 0) is 0 Å². The lowest BCUT2D eigenvalue weighted by atomic mass is 10.1. The first-order valence-corrected chi connectivity index (χ1v) is 6.78. The molecule has 0 unspecified atom stereocenters. The molecule has 1 aromatic carbocycles. The molecule has 0 spiro atoms. The van der Waals surface area contributed by atoms with Crippen LogP contribution in [0.3, 0.4) is 0 Å². The van der Waals surface area contributed by atoms with Crippen molar-refractivity contribution in [1.82, 2.24) is 4.98 Å². The zero-order valence-corrected chi connectivity index (χ0v) is 11.2. The molecule has 0 N–H and O–H groups in total. The average Bonchev–Trinajstić information content (AvgIpc) is 2.46. The normalized spacial score (nSPS) is 10.3. The summed E-state index contributed by atoms with van der Waals surface area (Å²) in [5.41, 5.74) is 1.43. The molecular formula is C16H18N2O. The highest BCUT2D eigenvalue weighted by atomic mass is 16.5. The minimum Gasteiger partial charge on any atom is -0.478 e. The predicted octanol–water partition coefficient (Wildman–Crippen LogP) is 4.07. The molecule has 3 heteroatoms. The molecule has 0 aliphatic heterocycles. The van der Waals surface area contributed by atoms with Gasteiger partial charge in [-0.1, -0.05) is 44.4 Å². The van der Waals surface area contributed by atoms with Crippen molar-refractivity contribution in [3.8, 4) is 11.9 Å². The van der Waals surface area contributed by atoms with E-state index in [1.54, 1.807) is 6.07 Å². The largest absolute Gasteiger partial charge is 0.478 e. The van der Waals surface area contributed by atoms with Crippen molar-refractivity contribution in [2.24, 2.45) is 0 Å². The highest BCUT2D eigenvalue weighted by Crippen LogP contribution is 2.21. The van der Waals surface area contributed by atoms with E-state index in [1.807, 2.05) is 24.3 Å². The van der Waals surface area contributed by atoms with Crippen molar-refractivity contribution in [1.29, 1.82) is 5.26 Å². The van der Waals surface area contributed by atoms with Gasteiger partial charge in [-0.2, -0.15) is 5.26 Å². The van der Waals surface area contributed by atoms with Crippen LogP contribution in [0, 0.1) is 11.3 Å². The summed E-state index contributed by atoms with van der Waals surface area (Å²) in [5.74, 6) is 0.548. The molecule has 1 aromatic heterocycles. The maximum Gasteiger partial charge on any atom is 0.215 e. The van der Waals surface area contributed by atoms with Crippen LogP contribution in [-0.4, -0.2) is 11.6 Å². The summed E-state index contributed by atoms with van der Waals surface area (Å²) < 4.78 is 5.64. The lowest BCUT2D eigenvalue weighted by molar-refractivity contribution is 0.295. The Morgan fingerprint density at radius 1 is 1.21 bits per heavy atom. The molecule has 0 saturated carbocycles. The molecule has 0 fully saturated rings. The van der Waals surface area contributed by atoms with E-state index >= 15 is 0 Å². The van der Waals surface area contributed by atoms with Gasteiger partial charge >= 0.3 is 0 Å². The quantitative estimate of drug-likeness (QED) is 0.730. The second-order valence-corrected chi connectivity index (χ2v) is 4.55. The number of fused-ring (bicyclic) bond motifs is 1. The van der Waals surface area contributed by atoms with E-state index in [2.05, 4.69) is 18.0 Å². The highest BCUT2D eigenvalue weighted by Gasteiger charge is 2.05. The van der Waals surface area contributed by atoms with Gasteiger partial charge in [-0.05, 0) is 12.5 Å². The maximum absolute atomic E-state index is 9.17. The molecule has 0 bridgehead atoms. The molecular weight excluding hydrogens is 236 g/mol. The van der Waals surface area contributed by atoms with Crippen LogP contribution < -0.4 is 4.74 Å². The zero-order valence-electron chi connectivity index (χ0n) is 11.2. The summed E-state index contributed by atoms with van der Waals surface area (Å²) in [7, 11) is 0. The first kappa shape index (κ1) is 13.4. The number of unbranched alkanes of at least 4 members (excludes halogenated alkanes) is 3. The number of hydrogen-bond donors (Lipinski definition) is 0. The summed E-state index contributed by atoms with van der Waals surface area (Å²) in [5, 5.41) is 10.0. The van der Waals surface area contributed by atoms with Crippen LogP contribution in [0.4, 0.5) is 0 Å². The predicted molar refractivity (Wildman–Crippen MR) is 76.1 cm³/mol. The summed E-state index contributed by atoms with van der Waals surface area (Å²) in [6, 6.07) is 11.6. The van der Waals surface area contributed by atoms with E-state index in [0.29, 0.717) is 18.1 Å². The van der Waals surface area contributed by atoms with E-state index in [1.165, 1.54) is 19.3 Å². The number of pyridine rings is 1. The highest BCUT2D eigenvalue weighted by molar-refractivity contribution is 5.85. The first-order valence-electron chi connectivity index (χ1n) is 6.78. The lowest BCUT2D eigenvalue weighted by Gasteiger charge is -2.07. The fraction of sp³-hybridized carbons (Fsp3) is 0.375. The molecule has 2 rings (SSSR count). The zero-order chi connectivity index (χ0) is 13.5. The summed E-state index contributed by atoms with van der Waals surface area (Å²) in [6.07, 6.45) is 4.66. The SMILES string of the molecule is CCCCCCOc1cc(C#N)c2ccccc2n1. The van der Waals surface area contributed by atoms with Gasteiger partial charge in [-0.25, -0.2) is 4.98 Å². The molecule has 0 radical (unpaired) electrons. The number of para-hydroxylation sites is 1. The van der Waals surface area contributed by atoms with Gasteiger partial charge in [0.15, 0.2) is 0 Å². The van der Waals surface area contributed by atoms with Gasteiger partial charge in [0.2, 0.25) is 5.88 Å². The Morgan fingerprint density at radius 2 is 2.05 bits per heavy atom. The Labute approximate surface area is 113 Å². The van der Waals surface area contributed by atoms with Crippen molar-refractivity contribution < 1.29 is 4.74 Å². The summed E-state index contributed by atoms with van der Waals surface area (Å²) in [6.45, 7) is 2.85. The molecule has 0 aliphatic rings. The van der Waals surface area contributed by atoms with Crippen LogP contribution in [0.25, 0.3) is 10.9 Å². The number of aromatic nitrogens is 1. The summed E-state index contributed by atoms with van der Waals surface area (Å²) in [4.78, 5) is 4.43. The van der Waals surface area contributed by atoms with E-state index in [9.17, 15) is 0 Å². The van der Waals surface area contributed by atoms with Crippen molar-refractivity contribution in [3.05, 3.63) is 35.9 Å². The Bertz CT molecular complexity index is 587. The van der Waals surface area contributed by atoms with Crippen molar-refractivity contribution in [3.63, 3.8) is 0 Å².